The van der Waals surface area contributed by atoms with E-state index in [4.69, 9.17) is 10.9 Å². The summed E-state index contributed by atoms with van der Waals surface area (Å²) in [7, 11) is 0. The second-order valence-electron chi connectivity index (χ2n) is 5.77. The van der Waals surface area contributed by atoms with Crippen LogP contribution in [0.1, 0.15) is 48.2 Å². The molecule has 3 rings (SSSR count). The zero-order valence-electron chi connectivity index (χ0n) is 12.7. The van der Waals surface area contributed by atoms with Crippen molar-refractivity contribution in [3.8, 4) is 12.3 Å². The molecule has 1 saturated carbocycles. The second kappa shape index (κ2) is 6.18. The number of hydrogen-bond acceptors (Lipinski definition) is 4. The summed E-state index contributed by atoms with van der Waals surface area (Å²) in [6.07, 6.45) is 12.6. The summed E-state index contributed by atoms with van der Waals surface area (Å²) in [6, 6.07) is 2.03. The molecule has 1 aliphatic rings. The Labute approximate surface area is 129 Å². The number of aromatic nitrogens is 2. The third kappa shape index (κ3) is 2.69. The van der Waals surface area contributed by atoms with Gasteiger partial charge in [0.05, 0.1) is 23.2 Å². The highest BCUT2D eigenvalue weighted by atomic mass is 16.5. The van der Waals surface area contributed by atoms with Crippen molar-refractivity contribution in [2.24, 2.45) is 0 Å². The zero-order chi connectivity index (χ0) is 15.5. The van der Waals surface area contributed by atoms with Crippen molar-refractivity contribution in [3.63, 3.8) is 0 Å². The van der Waals surface area contributed by atoms with Gasteiger partial charge in [0.1, 0.15) is 0 Å². The fraction of sp³-hybridized carbons (Fsp3) is 0.471. The number of aryl methyl sites for hydroxylation is 1. The van der Waals surface area contributed by atoms with Gasteiger partial charge in [-0.05, 0) is 25.8 Å². The Morgan fingerprint density at radius 3 is 2.95 bits per heavy atom. The maximum atomic E-state index is 12.9. The van der Waals surface area contributed by atoms with Gasteiger partial charge >= 0.3 is 0 Å². The van der Waals surface area contributed by atoms with Crippen LogP contribution in [0.2, 0.25) is 0 Å². The number of nitrogens with zero attached hydrogens (tertiary/aromatic N) is 3. The molecule has 2 aromatic rings. The van der Waals surface area contributed by atoms with Gasteiger partial charge in [-0.2, -0.15) is 0 Å². The van der Waals surface area contributed by atoms with Crippen molar-refractivity contribution < 1.29 is 9.32 Å². The molecule has 0 unspecified atom stereocenters. The van der Waals surface area contributed by atoms with Gasteiger partial charge in [-0.15, -0.1) is 6.42 Å². The maximum absolute atomic E-state index is 12.9. The van der Waals surface area contributed by atoms with E-state index >= 15 is 0 Å². The van der Waals surface area contributed by atoms with Gasteiger partial charge in [-0.25, -0.2) is 4.98 Å². The summed E-state index contributed by atoms with van der Waals surface area (Å²) in [5.74, 6) is 2.56. The predicted molar refractivity (Wildman–Crippen MR) is 83.3 cm³/mol. The molecule has 0 N–H and O–H groups in total. The van der Waals surface area contributed by atoms with Gasteiger partial charge in [0.15, 0.2) is 0 Å². The van der Waals surface area contributed by atoms with Crippen LogP contribution in [-0.4, -0.2) is 33.5 Å². The molecule has 0 radical (unpaired) electrons. The molecule has 22 heavy (non-hydrogen) atoms. The summed E-state index contributed by atoms with van der Waals surface area (Å²) < 4.78 is 5.09. The van der Waals surface area contributed by atoms with Gasteiger partial charge in [0, 0.05) is 12.2 Å². The summed E-state index contributed by atoms with van der Waals surface area (Å²) in [6.45, 7) is 2.17. The molecule has 5 heteroatoms. The summed E-state index contributed by atoms with van der Waals surface area (Å²) in [4.78, 5) is 18.8. The van der Waals surface area contributed by atoms with Crippen molar-refractivity contribution in [1.82, 2.24) is 15.0 Å². The SMILES string of the molecule is C#CCN(C(=O)c1cnc2onc(C)c2c1)C1CCCCC1. The van der Waals surface area contributed by atoms with Gasteiger partial charge in [-0.1, -0.05) is 30.3 Å². The summed E-state index contributed by atoms with van der Waals surface area (Å²) >= 11 is 0. The van der Waals surface area contributed by atoms with Crippen molar-refractivity contribution in [3.05, 3.63) is 23.5 Å². The number of fused-ring (bicyclic) bond motifs is 1. The predicted octanol–water partition coefficient (Wildman–Crippen LogP) is 2.94. The smallest absolute Gasteiger partial charge is 0.257 e. The Morgan fingerprint density at radius 1 is 1.45 bits per heavy atom. The van der Waals surface area contributed by atoms with E-state index in [0.29, 0.717) is 17.8 Å². The average Bonchev–Trinajstić information content (AvgIpc) is 2.93. The van der Waals surface area contributed by atoms with Crippen LogP contribution in [0.25, 0.3) is 11.1 Å². The quantitative estimate of drug-likeness (QED) is 0.817. The first-order valence-corrected chi connectivity index (χ1v) is 7.67. The lowest BCUT2D eigenvalue weighted by molar-refractivity contribution is 0.0667. The molecule has 1 fully saturated rings. The molecule has 0 bridgehead atoms. The highest BCUT2D eigenvalue weighted by molar-refractivity contribution is 5.97. The Balaban J connectivity index is 1.90. The highest BCUT2D eigenvalue weighted by Gasteiger charge is 2.26. The first-order chi connectivity index (χ1) is 10.7. The lowest BCUT2D eigenvalue weighted by Crippen LogP contribution is -2.41. The molecule has 114 valence electrons. The van der Waals surface area contributed by atoms with E-state index in [0.717, 1.165) is 36.8 Å². The average molecular weight is 297 g/mol. The maximum Gasteiger partial charge on any atom is 0.257 e. The number of terminal acetylenes is 1. The van der Waals surface area contributed by atoms with E-state index in [-0.39, 0.29) is 11.9 Å². The van der Waals surface area contributed by atoms with E-state index in [1.54, 1.807) is 12.3 Å². The number of carbonyl (C=O) groups excluding carboxylic acids is 1. The minimum absolute atomic E-state index is 0.0557. The molecule has 1 aliphatic carbocycles. The van der Waals surface area contributed by atoms with Crippen LogP contribution in [0.4, 0.5) is 0 Å². The normalized spacial score (nSPS) is 15.6. The third-order valence-electron chi connectivity index (χ3n) is 4.29. The van der Waals surface area contributed by atoms with E-state index in [9.17, 15) is 4.79 Å². The summed E-state index contributed by atoms with van der Waals surface area (Å²) in [5.41, 5.74) is 1.73. The first kappa shape index (κ1) is 14.6. The Morgan fingerprint density at radius 2 is 2.23 bits per heavy atom. The molecule has 0 aromatic carbocycles. The van der Waals surface area contributed by atoms with E-state index in [2.05, 4.69) is 16.1 Å². The van der Waals surface area contributed by atoms with Crippen molar-refractivity contribution in [2.75, 3.05) is 6.54 Å². The largest absolute Gasteiger partial charge is 0.336 e. The lowest BCUT2D eigenvalue weighted by Gasteiger charge is -2.33. The van der Waals surface area contributed by atoms with Crippen LogP contribution in [0.3, 0.4) is 0 Å². The van der Waals surface area contributed by atoms with Gasteiger partial charge < -0.3 is 9.42 Å². The highest BCUT2D eigenvalue weighted by Crippen LogP contribution is 2.25. The van der Waals surface area contributed by atoms with E-state index in [1.807, 2.05) is 11.8 Å². The van der Waals surface area contributed by atoms with Crippen LogP contribution in [0, 0.1) is 19.3 Å². The standard InChI is InChI=1S/C17H19N3O2/c1-3-9-20(14-7-5-4-6-8-14)17(21)13-10-15-12(2)19-22-16(15)18-11-13/h1,10-11,14H,4-9H2,2H3. The van der Waals surface area contributed by atoms with Crippen molar-refractivity contribution in [2.45, 2.75) is 45.1 Å². The number of amides is 1. The molecule has 2 aromatic heterocycles. The molecular formula is C17H19N3O2. The molecule has 0 aliphatic heterocycles. The van der Waals surface area contributed by atoms with Crippen LogP contribution in [0.5, 0.6) is 0 Å². The Kier molecular flexibility index (Phi) is 4.10. The topological polar surface area (TPSA) is 59.2 Å². The second-order valence-corrected chi connectivity index (χ2v) is 5.77. The fourth-order valence-electron chi connectivity index (χ4n) is 3.09. The molecule has 0 spiro atoms. The third-order valence-corrected chi connectivity index (χ3v) is 4.29. The van der Waals surface area contributed by atoms with Gasteiger partial charge in [0.25, 0.3) is 11.6 Å². The summed E-state index contributed by atoms with van der Waals surface area (Å²) in [5, 5.41) is 4.65. The van der Waals surface area contributed by atoms with Crippen LogP contribution in [-0.2, 0) is 0 Å². The number of hydrogen-bond donors (Lipinski definition) is 0. The molecule has 2 heterocycles. The Hall–Kier alpha value is -2.35. The van der Waals surface area contributed by atoms with E-state index < -0.39 is 0 Å². The van der Waals surface area contributed by atoms with E-state index in [1.165, 1.54) is 6.42 Å². The van der Waals surface area contributed by atoms with Crippen molar-refractivity contribution in [1.29, 1.82) is 0 Å². The number of rotatable bonds is 3. The number of carbonyl (C=O) groups is 1. The van der Waals surface area contributed by atoms with Crippen LogP contribution >= 0.6 is 0 Å². The zero-order valence-corrected chi connectivity index (χ0v) is 12.7. The van der Waals surface area contributed by atoms with Crippen LogP contribution in [0.15, 0.2) is 16.8 Å². The minimum Gasteiger partial charge on any atom is -0.336 e. The monoisotopic (exact) mass is 297 g/mol. The first-order valence-electron chi connectivity index (χ1n) is 7.67. The molecule has 5 nitrogen and oxygen atoms in total. The lowest BCUT2D eigenvalue weighted by atomic mass is 9.93. The fourth-order valence-corrected chi connectivity index (χ4v) is 3.09. The molecule has 1 amide bonds. The molecule has 0 saturated heterocycles. The number of pyridine rings is 1. The molecule has 0 atom stereocenters. The molecular weight excluding hydrogens is 278 g/mol. The van der Waals surface area contributed by atoms with Crippen molar-refractivity contribution >= 4 is 17.0 Å². The Bertz CT molecular complexity index is 723. The minimum atomic E-state index is -0.0557. The van der Waals surface area contributed by atoms with Gasteiger partial charge in [0.2, 0.25) is 0 Å². The van der Waals surface area contributed by atoms with Crippen LogP contribution < -0.4 is 0 Å². The van der Waals surface area contributed by atoms with Gasteiger partial charge in [-0.3, -0.25) is 4.79 Å².